The summed E-state index contributed by atoms with van der Waals surface area (Å²) in [6.07, 6.45) is 10.2. The number of amides is 1. The van der Waals surface area contributed by atoms with Gasteiger partial charge in [-0.05, 0) is 43.8 Å². The molecule has 3 heterocycles. The van der Waals surface area contributed by atoms with Crippen LogP contribution in [0.5, 0.6) is 0 Å². The molecule has 1 spiro atoms. The second-order valence-corrected chi connectivity index (χ2v) is 6.73. The number of furan rings is 1. The largest absolute Gasteiger partial charge is 0.472 e. The predicted octanol–water partition coefficient (Wildman–Crippen LogP) is 1.80. The summed E-state index contributed by atoms with van der Waals surface area (Å²) in [5, 5.41) is 3.42. The summed E-state index contributed by atoms with van der Waals surface area (Å²) < 4.78 is 7.08. The molecule has 2 aromatic rings. The Hall–Kier alpha value is -2.08. The van der Waals surface area contributed by atoms with Gasteiger partial charge < -0.3 is 19.2 Å². The first-order chi connectivity index (χ1) is 11.2. The lowest BCUT2D eigenvalue weighted by atomic mass is 9.93. The van der Waals surface area contributed by atoms with E-state index in [4.69, 9.17) is 4.42 Å². The Kier molecular flexibility index (Phi) is 3.49. The summed E-state index contributed by atoms with van der Waals surface area (Å²) in [4.78, 5) is 19.4. The van der Waals surface area contributed by atoms with Crippen molar-refractivity contribution in [1.82, 2.24) is 19.8 Å². The summed E-state index contributed by atoms with van der Waals surface area (Å²) in [5.41, 5.74) is 0.922. The number of aromatic nitrogens is 2. The van der Waals surface area contributed by atoms with Crippen molar-refractivity contribution >= 4 is 5.91 Å². The van der Waals surface area contributed by atoms with Crippen molar-refractivity contribution in [2.24, 2.45) is 12.5 Å². The van der Waals surface area contributed by atoms with Crippen LogP contribution in [0.1, 0.15) is 35.4 Å². The lowest BCUT2D eigenvalue weighted by molar-refractivity contribution is 0.0684. The van der Waals surface area contributed by atoms with E-state index in [1.807, 2.05) is 22.7 Å². The summed E-state index contributed by atoms with van der Waals surface area (Å²) in [6, 6.07) is 2.05. The Labute approximate surface area is 135 Å². The van der Waals surface area contributed by atoms with Crippen LogP contribution in [0, 0.1) is 5.41 Å². The van der Waals surface area contributed by atoms with Crippen molar-refractivity contribution in [3.05, 3.63) is 42.4 Å². The molecule has 0 unspecified atom stereocenters. The highest BCUT2D eigenvalue weighted by atomic mass is 16.3. The fourth-order valence-electron chi connectivity index (χ4n) is 3.81. The highest BCUT2D eigenvalue weighted by Crippen LogP contribution is 2.56. The maximum Gasteiger partial charge on any atom is 0.257 e. The van der Waals surface area contributed by atoms with E-state index < -0.39 is 0 Å². The molecule has 1 saturated heterocycles. The standard InChI is InChI=1S/C17H22N4O2/c1-20-8-7-19-15(20)11-21(16(22)13-2-9-23-12-13)14-10-17(14)3-5-18-6-4-17/h2,7-9,12,14,18H,3-6,10-11H2,1H3/t14-/m0/s1. The first kappa shape index (κ1) is 14.5. The Balaban J connectivity index is 1.59. The second-order valence-electron chi connectivity index (χ2n) is 6.73. The van der Waals surface area contributed by atoms with E-state index in [1.165, 1.54) is 6.26 Å². The van der Waals surface area contributed by atoms with Crippen LogP contribution >= 0.6 is 0 Å². The summed E-state index contributed by atoms with van der Waals surface area (Å²) >= 11 is 0. The maximum absolute atomic E-state index is 13.0. The molecule has 1 atom stereocenters. The van der Waals surface area contributed by atoms with Crippen molar-refractivity contribution in [1.29, 1.82) is 0 Å². The zero-order chi connectivity index (χ0) is 15.9. The van der Waals surface area contributed by atoms with Crippen LogP contribution in [0.3, 0.4) is 0 Å². The minimum absolute atomic E-state index is 0.0437. The number of aryl methyl sites for hydroxylation is 1. The van der Waals surface area contributed by atoms with E-state index in [0.717, 1.165) is 38.2 Å². The molecule has 1 N–H and O–H groups in total. The molecular formula is C17H22N4O2. The monoisotopic (exact) mass is 314 g/mol. The van der Waals surface area contributed by atoms with Gasteiger partial charge in [-0.3, -0.25) is 4.79 Å². The molecule has 1 saturated carbocycles. The molecule has 0 aromatic carbocycles. The van der Waals surface area contributed by atoms with Gasteiger partial charge in [-0.2, -0.15) is 0 Å². The molecule has 122 valence electrons. The molecule has 6 heteroatoms. The third-order valence-corrected chi connectivity index (χ3v) is 5.38. The van der Waals surface area contributed by atoms with Crippen molar-refractivity contribution < 1.29 is 9.21 Å². The van der Waals surface area contributed by atoms with Gasteiger partial charge in [0.1, 0.15) is 12.1 Å². The van der Waals surface area contributed by atoms with Crippen LogP contribution in [0.2, 0.25) is 0 Å². The van der Waals surface area contributed by atoms with E-state index in [-0.39, 0.29) is 5.91 Å². The van der Waals surface area contributed by atoms with Crippen molar-refractivity contribution in [3.63, 3.8) is 0 Å². The molecule has 6 nitrogen and oxygen atoms in total. The average molecular weight is 314 g/mol. The van der Waals surface area contributed by atoms with E-state index in [9.17, 15) is 4.79 Å². The number of carbonyl (C=O) groups is 1. The van der Waals surface area contributed by atoms with Crippen LogP contribution < -0.4 is 5.32 Å². The highest BCUT2D eigenvalue weighted by Gasteiger charge is 2.58. The van der Waals surface area contributed by atoms with Crippen LogP contribution in [0.25, 0.3) is 0 Å². The SMILES string of the molecule is Cn1ccnc1CN(C(=O)c1ccoc1)[C@H]1CC12CCNCC2. The van der Waals surface area contributed by atoms with Crippen LogP contribution in [0.15, 0.2) is 35.4 Å². The van der Waals surface area contributed by atoms with Crippen LogP contribution in [-0.4, -0.2) is 39.5 Å². The fraction of sp³-hybridized carbons (Fsp3) is 0.529. The Bertz CT molecular complexity index is 685. The number of piperidine rings is 1. The van der Waals surface area contributed by atoms with Gasteiger partial charge in [0.25, 0.3) is 5.91 Å². The van der Waals surface area contributed by atoms with Crippen LogP contribution in [0.4, 0.5) is 0 Å². The minimum Gasteiger partial charge on any atom is -0.472 e. The Morgan fingerprint density at radius 2 is 2.35 bits per heavy atom. The van der Waals surface area contributed by atoms with E-state index in [1.54, 1.807) is 18.5 Å². The molecule has 0 bridgehead atoms. The molecule has 23 heavy (non-hydrogen) atoms. The predicted molar refractivity (Wildman–Crippen MR) is 84.7 cm³/mol. The molecule has 2 fully saturated rings. The lowest BCUT2D eigenvalue weighted by Gasteiger charge is -2.29. The Morgan fingerprint density at radius 1 is 1.52 bits per heavy atom. The quantitative estimate of drug-likeness (QED) is 0.934. The number of rotatable bonds is 4. The number of carbonyl (C=O) groups excluding carboxylic acids is 1. The van der Waals surface area contributed by atoms with Crippen molar-refractivity contribution in [2.75, 3.05) is 13.1 Å². The van der Waals surface area contributed by atoms with Gasteiger partial charge in [0.05, 0.1) is 18.4 Å². The number of nitrogens with zero attached hydrogens (tertiary/aromatic N) is 3. The topological polar surface area (TPSA) is 63.3 Å². The summed E-state index contributed by atoms with van der Waals surface area (Å²) in [5.74, 6) is 0.958. The van der Waals surface area contributed by atoms with E-state index in [0.29, 0.717) is 23.6 Å². The minimum atomic E-state index is 0.0437. The number of hydrogen-bond acceptors (Lipinski definition) is 4. The summed E-state index contributed by atoms with van der Waals surface area (Å²) in [7, 11) is 1.97. The maximum atomic E-state index is 13.0. The molecule has 1 amide bonds. The molecule has 2 aromatic heterocycles. The smallest absolute Gasteiger partial charge is 0.257 e. The third kappa shape index (κ3) is 2.57. The van der Waals surface area contributed by atoms with Gasteiger partial charge in [0.2, 0.25) is 0 Å². The first-order valence-corrected chi connectivity index (χ1v) is 8.20. The van der Waals surface area contributed by atoms with Crippen LogP contribution in [-0.2, 0) is 13.6 Å². The van der Waals surface area contributed by atoms with Gasteiger partial charge in [-0.25, -0.2) is 4.98 Å². The Morgan fingerprint density at radius 3 is 3.00 bits per heavy atom. The number of imidazole rings is 1. The van der Waals surface area contributed by atoms with Gasteiger partial charge in [-0.1, -0.05) is 0 Å². The van der Waals surface area contributed by atoms with Crippen molar-refractivity contribution in [3.8, 4) is 0 Å². The average Bonchev–Trinajstić information content (AvgIpc) is 2.98. The van der Waals surface area contributed by atoms with Crippen molar-refractivity contribution in [2.45, 2.75) is 31.8 Å². The molecular weight excluding hydrogens is 292 g/mol. The fourth-order valence-corrected chi connectivity index (χ4v) is 3.81. The first-order valence-electron chi connectivity index (χ1n) is 8.20. The normalized spacial score (nSPS) is 22.2. The van der Waals surface area contributed by atoms with Gasteiger partial charge in [0, 0.05) is 25.5 Å². The van der Waals surface area contributed by atoms with E-state index in [2.05, 4.69) is 10.3 Å². The number of nitrogens with one attached hydrogen (secondary N) is 1. The number of hydrogen-bond donors (Lipinski definition) is 1. The zero-order valence-corrected chi connectivity index (χ0v) is 13.4. The third-order valence-electron chi connectivity index (χ3n) is 5.38. The molecule has 2 aliphatic rings. The molecule has 1 aliphatic carbocycles. The molecule has 1 aliphatic heterocycles. The molecule has 4 rings (SSSR count). The van der Waals surface area contributed by atoms with Gasteiger partial charge >= 0.3 is 0 Å². The molecule has 0 radical (unpaired) electrons. The zero-order valence-electron chi connectivity index (χ0n) is 13.4. The van der Waals surface area contributed by atoms with E-state index >= 15 is 0 Å². The second kappa shape index (κ2) is 5.53. The van der Waals surface area contributed by atoms with Gasteiger partial charge in [0.15, 0.2) is 0 Å². The van der Waals surface area contributed by atoms with Gasteiger partial charge in [-0.15, -0.1) is 0 Å². The summed E-state index contributed by atoms with van der Waals surface area (Å²) in [6.45, 7) is 2.65. The highest BCUT2D eigenvalue weighted by molar-refractivity contribution is 5.94. The lowest BCUT2D eigenvalue weighted by Crippen LogP contribution is -2.39.